The van der Waals surface area contributed by atoms with Crippen LogP contribution in [0.3, 0.4) is 0 Å². The van der Waals surface area contributed by atoms with Crippen LogP contribution in [0.4, 0.5) is 0 Å². The Morgan fingerprint density at radius 3 is 2.33 bits per heavy atom. The highest BCUT2D eigenvalue weighted by atomic mass is 16.4. The zero-order chi connectivity index (χ0) is 14.8. The highest BCUT2D eigenvalue weighted by molar-refractivity contribution is 6.02. The quantitative estimate of drug-likeness (QED) is 0.765. The summed E-state index contributed by atoms with van der Waals surface area (Å²) in [5.41, 5.74) is 1.61. The SMILES string of the molecule is O=C(O)c1c(Cc2ccccc2)cc2ccccc2c1O. The summed E-state index contributed by atoms with van der Waals surface area (Å²) < 4.78 is 0. The summed E-state index contributed by atoms with van der Waals surface area (Å²) in [7, 11) is 0. The van der Waals surface area contributed by atoms with E-state index in [4.69, 9.17) is 0 Å². The normalized spacial score (nSPS) is 10.7. The molecule has 0 fully saturated rings. The minimum Gasteiger partial charge on any atom is -0.506 e. The third kappa shape index (κ3) is 2.46. The van der Waals surface area contributed by atoms with Crippen LogP contribution in [0.1, 0.15) is 21.5 Å². The maximum absolute atomic E-state index is 11.5. The standard InChI is InChI=1S/C18H14O3/c19-17-15-9-5-4-8-13(15)11-14(16(17)18(20)21)10-12-6-2-1-3-7-12/h1-9,11,19H,10H2,(H,20,21). The Morgan fingerprint density at radius 2 is 1.62 bits per heavy atom. The minimum absolute atomic E-state index is 0.0162. The monoisotopic (exact) mass is 278 g/mol. The van der Waals surface area contributed by atoms with Gasteiger partial charge < -0.3 is 10.2 Å². The van der Waals surface area contributed by atoms with E-state index in [-0.39, 0.29) is 11.3 Å². The number of rotatable bonds is 3. The number of carboxylic acid groups (broad SMARTS) is 1. The van der Waals surface area contributed by atoms with Gasteiger partial charge in [-0.25, -0.2) is 4.79 Å². The number of hydrogen-bond donors (Lipinski definition) is 2. The van der Waals surface area contributed by atoms with Crippen molar-refractivity contribution in [2.24, 2.45) is 0 Å². The molecule has 2 N–H and O–H groups in total. The lowest BCUT2D eigenvalue weighted by Gasteiger charge is -2.11. The molecule has 0 radical (unpaired) electrons. The van der Waals surface area contributed by atoms with Gasteiger partial charge in [-0.3, -0.25) is 0 Å². The molecular formula is C18H14O3. The van der Waals surface area contributed by atoms with Crippen molar-refractivity contribution >= 4 is 16.7 Å². The molecule has 0 aliphatic carbocycles. The molecule has 0 bridgehead atoms. The third-order valence-electron chi connectivity index (χ3n) is 3.55. The Kier molecular flexibility index (Phi) is 3.32. The second-order valence-electron chi connectivity index (χ2n) is 4.95. The first-order chi connectivity index (χ1) is 10.2. The highest BCUT2D eigenvalue weighted by Crippen LogP contribution is 2.32. The molecule has 3 aromatic rings. The molecule has 0 spiro atoms. The fraction of sp³-hybridized carbons (Fsp3) is 0.0556. The molecule has 0 aliphatic rings. The molecule has 0 saturated carbocycles. The van der Waals surface area contributed by atoms with Gasteiger partial charge in [0.25, 0.3) is 0 Å². The van der Waals surface area contributed by atoms with Crippen molar-refractivity contribution in [1.29, 1.82) is 0 Å². The molecule has 0 aliphatic heterocycles. The van der Waals surface area contributed by atoms with E-state index in [0.717, 1.165) is 10.9 Å². The smallest absolute Gasteiger partial charge is 0.339 e. The summed E-state index contributed by atoms with van der Waals surface area (Å²) in [5, 5.41) is 21.1. The summed E-state index contributed by atoms with van der Waals surface area (Å²) in [4.78, 5) is 11.5. The largest absolute Gasteiger partial charge is 0.506 e. The minimum atomic E-state index is -1.11. The number of benzene rings is 3. The molecule has 3 heteroatoms. The molecule has 21 heavy (non-hydrogen) atoms. The third-order valence-corrected chi connectivity index (χ3v) is 3.55. The number of fused-ring (bicyclic) bond motifs is 1. The van der Waals surface area contributed by atoms with Gasteiger partial charge in [0.05, 0.1) is 0 Å². The molecule has 0 saturated heterocycles. The zero-order valence-electron chi connectivity index (χ0n) is 11.3. The van der Waals surface area contributed by atoms with Crippen molar-refractivity contribution in [3.05, 3.63) is 77.4 Å². The van der Waals surface area contributed by atoms with Crippen LogP contribution in [0.15, 0.2) is 60.7 Å². The molecule has 0 amide bonds. The summed E-state index contributed by atoms with van der Waals surface area (Å²) in [6, 6.07) is 18.7. The van der Waals surface area contributed by atoms with Crippen molar-refractivity contribution < 1.29 is 15.0 Å². The van der Waals surface area contributed by atoms with Gasteiger partial charge in [0, 0.05) is 5.39 Å². The Bertz CT molecular complexity index is 807. The molecule has 104 valence electrons. The lowest BCUT2D eigenvalue weighted by atomic mass is 9.95. The van der Waals surface area contributed by atoms with E-state index in [1.807, 2.05) is 48.5 Å². The van der Waals surface area contributed by atoms with Crippen LogP contribution in [-0.4, -0.2) is 16.2 Å². The number of carboxylic acids is 1. The van der Waals surface area contributed by atoms with Gasteiger partial charge in [-0.1, -0.05) is 54.6 Å². The highest BCUT2D eigenvalue weighted by Gasteiger charge is 2.18. The first-order valence-electron chi connectivity index (χ1n) is 6.67. The van der Waals surface area contributed by atoms with Crippen LogP contribution in [-0.2, 0) is 6.42 Å². The Hall–Kier alpha value is -2.81. The fourth-order valence-electron chi connectivity index (χ4n) is 2.58. The van der Waals surface area contributed by atoms with Crippen LogP contribution < -0.4 is 0 Å². The Morgan fingerprint density at radius 1 is 0.952 bits per heavy atom. The number of hydrogen-bond acceptors (Lipinski definition) is 2. The van der Waals surface area contributed by atoms with Crippen LogP contribution in [0.5, 0.6) is 5.75 Å². The van der Waals surface area contributed by atoms with Crippen molar-refractivity contribution in [1.82, 2.24) is 0 Å². The summed E-state index contributed by atoms with van der Waals surface area (Å²) >= 11 is 0. The van der Waals surface area contributed by atoms with Gasteiger partial charge >= 0.3 is 5.97 Å². The lowest BCUT2D eigenvalue weighted by Crippen LogP contribution is -2.04. The first kappa shape index (κ1) is 13.2. The average Bonchev–Trinajstić information content (AvgIpc) is 2.48. The summed E-state index contributed by atoms with van der Waals surface area (Å²) in [6.45, 7) is 0. The molecule has 0 atom stereocenters. The topological polar surface area (TPSA) is 57.5 Å². The van der Waals surface area contributed by atoms with E-state index >= 15 is 0 Å². The Balaban J connectivity index is 2.20. The fourth-order valence-corrected chi connectivity index (χ4v) is 2.58. The van der Waals surface area contributed by atoms with Gasteiger partial charge in [-0.15, -0.1) is 0 Å². The second-order valence-corrected chi connectivity index (χ2v) is 4.95. The molecule has 3 nitrogen and oxygen atoms in total. The second kappa shape index (κ2) is 5.29. The molecule has 3 aromatic carbocycles. The Labute approximate surface area is 122 Å². The van der Waals surface area contributed by atoms with Gasteiger partial charge in [0.15, 0.2) is 0 Å². The average molecular weight is 278 g/mol. The van der Waals surface area contributed by atoms with Crippen LogP contribution in [0.2, 0.25) is 0 Å². The predicted molar refractivity (Wildman–Crippen MR) is 81.8 cm³/mol. The number of aromatic hydroxyl groups is 1. The van der Waals surface area contributed by atoms with Crippen molar-refractivity contribution in [3.8, 4) is 5.75 Å². The van der Waals surface area contributed by atoms with Gasteiger partial charge in [-0.2, -0.15) is 0 Å². The lowest BCUT2D eigenvalue weighted by molar-refractivity contribution is 0.0693. The molecule has 0 heterocycles. The van der Waals surface area contributed by atoms with E-state index in [0.29, 0.717) is 17.4 Å². The molecule has 3 rings (SSSR count). The van der Waals surface area contributed by atoms with Crippen LogP contribution >= 0.6 is 0 Å². The van der Waals surface area contributed by atoms with Crippen molar-refractivity contribution in [2.45, 2.75) is 6.42 Å². The number of aromatic carboxylic acids is 1. The van der Waals surface area contributed by atoms with E-state index in [9.17, 15) is 15.0 Å². The summed E-state index contributed by atoms with van der Waals surface area (Å²) in [6.07, 6.45) is 0.473. The van der Waals surface area contributed by atoms with E-state index < -0.39 is 5.97 Å². The molecular weight excluding hydrogens is 264 g/mol. The van der Waals surface area contributed by atoms with Gasteiger partial charge in [-0.05, 0) is 29.0 Å². The molecule has 0 aromatic heterocycles. The maximum Gasteiger partial charge on any atom is 0.339 e. The van der Waals surface area contributed by atoms with Crippen molar-refractivity contribution in [2.75, 3.05) is 0 Å². The number of carbonyl (C=O) groups is 1. The van der Waals surface area contributed by atoms with E-state index in [1.54, 1.807) is 12.1 Å². The van der Waals surface area contributed by atoms with Gasteiger partial charge in [0.2, 0.25) is 0 Å². The zero-order valence-corrected chi connectivity index (χ0v) is 11.3. The number of phenols is 1. The van der Waals surface area contributed by atoms with E-state index in [2.05, 4.69) is 0 Å². The van der Waals surface area contributed by atoms with E-state index in [1.165, 1.54) is 0 Å². The van der Waals surface area contributed by atoms with Crippen LogP contribution in [0.25, 0.3) is 10.8 Å². The van der Waals surface area contributed by atoms with Crippen LogP contribution in [0, 0.1) is 0 Å². The first-order valence-corrected chi connectivity index (χ1v) is 6.67. The summed E-state index contributed by atoms with van der Waals surface area (Å²) in [5.74, 6) is -1.27. The van der Waals surface area contributed by atoms with Gasteiger partial charge in [0.1, 0.15) is 11.3 Å². The van der Waals surface area contributed by atoms with Crippen molar-refractivity contribution in [3.63, 3.8) is 0 Å². The maximum atomic E-state index is 11.5. The molecule has 0 unspecified atom stereocenters. The predicted octanol–water partition coefficient (Wildman–Crippen LogP) is 3.83.